The van der Waals surface area contributed by atoms with Gasteiger partial charge in [-0.05, 0) is 43.5 Å². The third kappa shape index (κ3) is 4.02. The highest BCUT2D eigenvalue weighted by molar-refractivity contribution is 6.30. The summed E-state index contributed by atoms with van der Waals surface area (Å²) in [5, 5.41) is 4.18. The number of hydrazine groups is 1. The lowest BCUT2D eigenvalue weighted by Crippen LogP contribution is -2.51. The first-order valence-corrected chi connectivity index (χ1v) is 9.89. The van der Waals surface area contributed by atoms with Crippen molar-refractivity contribution in [3.05, 3.63) is 34.9 Å². The fourth-order valence-electron chi connectivity index (χ4n) is 4.54. The molecule has 0 aromatic heterocycles. The van der Waals surface area contributed by atoms with Gasteiger partial charge in [-0.2, -0.15) is 0 Å². The number of carbonyl (C=O) groups excluding carboxylic acids is 1. The van der Waals surface area contributed by atoms with Crippen molar-refractivity contribution in [2.24, 2.45) is 5.92 Å². The lowest BCUT2D eigenvalue weighted by atomic mass is 9.88. The Bertz CT molecular complexity index is 612. The fourth-order valence-corrected chi connectivity index (χ4v) is 4.67. The molecule has 0 spiro atoms. The Kier molecular flexibility index (Phi) is 6.81. The topological polar surface area (TPSA) is 56.4 Å². The quantitative estimate of drug-likeness (QED) is 0.716. The van der Waals surface area contributed by atoms with Gasteiger partial charge in [-0.1, -0.05) is 36.6 Å². The predicted molar refractivity (Wildman–Crippen MR) is 106 cm³/mol. The molecule has 0 aliphatic carbocycles. The molecule has 0 bridgehead atoms. The summed E-state index contributed by atoms with van der Waals surface area (Å²) in [4.78, 5) is 15.5. The summed E-state index contributed by atoms with van der Waals surface area (Å²) in [5.41, 5.74) is 7.84. The van der Waals surface area contributed by atoms with Crippen LogP contribution in [0.5, 0.6) is 0 Å². The Morgan fingerprint density at radius 1 is 1.08 bits per heavy atom. The van der Waals surface area contributed by atoms with E-state index >= 15 is 0 Å². The van der Waals surface area contributed by atoms with Crippen LogP contribution >= 0.6 is 24.0 Å². The van der Waals surface area contributed by atoms with E-state index in [4.69, 9.17) is 11.6 Å². The van der Waals surface area contributed by atoms with Gasteiger partial charge in [-0.3, -0.25) is 10.2 Å². The highest BCUT2D eigenvalue weighted by Crippen LogP contribution is 2.33. The van der Waals surface area contributed by atoms with E-state index in [1.165, 1.54) is 18.4 Å². The van der Waals surface area contributed by atoms with E-state index in [-0.39, 0.29) is 30.4 Å². The second-order valence-electron chi connectivity index (χ2n) is 7.48. The van der Waals surface area contributed by atoms with Crippen molar-refractivity contribution in [3.8, 4) is 0 Å². The van der Waals surface area contributed by atoms with Crippen molar-refractivity contribution < 1.29 is 4.79 Å². The van der Waals surface area contributed by atoms with Crippen molar-refractivity contribution in [1.29, 1.82) is 0 Å². The molecule has 7 heteroatoms. The van der Waals surface area contributed by atoms with Crippen molar-refractivity contribution in [3.63, 3.8) is 0 Å². The Hall–Kier alpha value is -0.850. The number of hydrogen-bond acceptors (Lipinski definition) is 4. The van der Waals surface area contributed by atoms with E-state index in [0.717, 1.165) is 43.9 Å². The molecule has 4 atom stereocenters. The molecular weight excluding hydrogens is 371 g/mol. The Labute approximate surface area is 166 Å². The van der Waals surface area contributed by atoms with Crippen LogP contribution in [0.25, 0.3) is 0 Å². The largest absolute Gasteiger partial charge is 0.334 e. The van der Waals surface area contributed by atoms with Gasteiger partial charge < -0.3 is 10.2 Å². The summed E-state index contributed by atoms with van der Waals surface area (Å²) in [6, 6.07) is 8.43. The number of amides is 1. The lowest BCUT2D eigenvalue weighted by Gasteiger charge is -2.35. The monoisotopic (exact) mass is 398 g/mol. The molecule has 3 N–H and O–H groups in total. The lowest BCUT2D eigenvalue weighted by molar-refractivity contribution is -0.136. The van der Waals surface area contributed by atoms with Crippen LogP contribution in [-0.2, 0) is 4.79 Å². The molecule has 3 fully saturated rings. The number of nitrogens with zero attached hydrogens (tertiary/aromatic N) is 1. The molecule has 3 heterocycles. The predicted octanol–water partition coefficient (Wildman–Crippen LogP) is 2.66. The van der Waals surface area contributed by atoms with Gasteiger partial charge in [0.2, 0.25) is 5.91 Å². The molecule has 4 unspecified atom stereocenters. The number of piperidine rings is 1. The number of fused-ring (bicyclic) bond motifs is 1. The van der Waals surface area contributed by atoms with E-state index in [1.54, 1.807) is 0 Å². The first-order valence-electron chi connectivity index (χ1n) is 9.52. The van der Waals surface area contributed by atoms with E-state index in [0.29, 0.717) is 12.0 Å². The van der Waals surface area contributed by atoms with E-state index in [1.807, 2.05) is 12.1 Å². The number of hydrogen-bond donors (Lipinski definition) is 3. The molecular formula is C19H28Cl2N4O. The third-order valence-electron chi connectivity index (χ3n) is 5.94. The summed E-state index contributed by atoms with van der Waals surface area (Å²) in [5.74, 6) is 0.570. The summed E-state index contributed by atoms with van der Waals surface area (Å²) in [7, 11) is 0. The van der Waals surface area contributed by atoms with E-state index in [2.05, 4.69) is 33.2 Å². The summed E-state index contributed by atoms with van der Waals surface area (Å²) < 4.78 is 0. The highest BCUT2D eigenvalue weighted by Gasteiger charge is 2.44. The molecule has 3 aliphatic heterocycles. The molecule has 1 aromatic rings. The summed E-state index contributed by atoms with van der Waals surface area (Å²) >= 11 is 6.06. The van der Waals surface area contributed by atoms with Gasteiger partial charge in [0.1, 0.15) is 6.04 Å². The minimum absolute atomic E-state index is 0. The maximum atomic E-state index is 13.4. The van der Waals surface area contributed by atoms with Crippen LogP contribution in [0, 0.1) is 5.92 Å². The second-order valence-corrected chi connectivity index (χ2v) is 7.91. The van der Waals surface area contributed by atoms with Gasteiger partial charge in [0, 0.05) is 30.1 Å². The van der Waals surface area contributed by atoms with Crippen LogP contribution < -0.4 is 16.2 Å². The summed E-state index contributed by atoms with van der Waals surface area (Å²) in [6.07, 6.45) is 5.54. The summed E-state index contributed by atoms with van der Waals surface area (Å²) in [6.45, 7) is 2.77. The molecule has 1 amide bonds. The maximum Gasteiger partial charge on any atom is 0.241 e. The number of halogens is 2. The average Bonchev–Trinajstić information content (AvgIpc) is 2.91. The zero-order valence-corrected chi connectivity index (χ0v) is 16.5. The van der Waals surface area contributed by atoms with Crippen LogP contribution in [0.4, 0.5) is 0 Å². The minimum Gasteiger partial charge on any atom is -0.334 e. The SMILES string of the molecule is Cl.O=C(C1NNC2CCNCC21)N1CCCCCC1c1ccc(Cl)cc1. The average molecular weight is 399 g/mol. The number of nitrogens with one attached hydrogen (secondary N) is 3. The Balaban J connectivity index is 0.00000196. The van der Waals surface area contributed by atoms with Gasteiger partial charge >= 0.3 is 0 Å². The van der Waals surface area contributed by atoms with Gasteiger partial charge in [-0.25, -0.2) is 5.43 Å². The zero-order valence-electron chi connectivity index (χ0n) is 14.9. The van der Waals surface area contributed by atoms with Crippen molar-refractivity contribution >= 4 is 29.9 Å². The zero-order chi connectivity index (χ0) is 17.2. The Morgan fingerprint density at radius 2 is 1.88 bits per heavy atom. The van der Waals surface area contributed by atoms with Crippen molar-refractivity contribution in [2.45, 2.75) is 50.2 Å². The first kappa shape index (κ1) is 19.9. The highest BCUT2D eigenvalue weighted by atomic mass is 35.5. The molecule has 1 aromatic carbocycles. The standard InChI is InChI=1S/C19H27ClN4O.ClH/c20-14-7-5-13(6-8-14)17-4-2-1-3-11-24(17)19(25)18-15-12-21-10-9-16(15)22-23-18;/h5-8,15-18,21-23H,1-4,9-12H2;1H. The third-order valence-corrected chi connectivity index (χ3v) is 6.19. The maximum absolute atomic E-state index is 13.4. The molecule has 144 valence electrons. The van der Waals surface area contributed by atoms with Crippen molar-refractivity contribution in [2.75, 3.05) is 19.6 Å². The number of rotatable bonds is 2. The molecule has 4 rings (SSSR count). The molecule has 3 saturated heterocycles. The van der Waals surface area contributed by atoms with Crippen molar-refractivity contribution in [1.82, 2.24) is 21.1 Å². The molecule has 0 radical (unpaired) electrons. The van der Waals surface area contributed by atoms with Crippen LogP contribution in [0.2, 0.25) is 5.02 Å². The first-order chi connectivity index (χ1) is 12.2. The van der Waals surface area contributed by atoms with Gasteiger partial charge in [0.05, 0.1) is 6.04 Å². The van der Waals surface area contributed by atoms with Crippen LogP contribution in [0.15, 0.2) is 24.3 Å². The van der Waals surface area contributed by atoms with Crippen LogP contribution in [-0.4, -0.2) is 42.5 Å². The van der Waals surface area contributed by atoms with E-state index in [9.17, 15) is 4.79 Å². The van der Waals surface area contributed by atoms with Gasteiger partial charge in [0.15, 0.2) is 0 Å². The normalized spacial score (nSPS) is 31.7. The smallest absolute Gasteiger partial charge is 0.241 e. The number of benzene rings is 1. The molecule has 3 aliphatic rings. The van der Waals surface area contributed by atoms with Crippen LogP contribution in [0.3, 0.4) is 0 Å². The Morgan fingerprint density at radius 3 is 2.69 bits per heavy atom. The number of likely N-dealkylation sites (tertiary alicyclic amines) is 1. The minimum atomic E-state index is -0.134. The fraction of sp³-hybridized carbons (Fsp3) is 0.632. The molecule has 5 nitrogen and oxygen atoms in total. The molecule has 0 saturated carbocycles. The molecule has 26 heavy (non-hydrogen) atoms. The van der Waals surface area contributed by atoms with Crippen LogP contribution in [0.1, 0.15) is 43.7 Å². The second kappa shape index (κ2) is 8.89. The van der Waals surface area contributed by atoms with Gasteiger partial charge in [0.25, 0.3) is 0 Å². The van der Waals surface area contributed by atoms with Gasteiger partial charge in [-0.15, -0.1) is 12.4 Å². The van der Waals surface area contributed by atoms with E-state index < -0.39 is 0 Å². The number of carbonyl (C=O) groups is 1.